The number of nitrogens with two attached hydrogens (primary N) is 1. The van der Waals surface area contributed by atoms with Gasteiger partial charge >= 0.3 is 0 Å². The Morgan fingerprint density at radius 3 is 2.17 bits per heavy atom. The van der Waals surface area contributed by atoms with Crippen LogP contribution in [0.2, 0.25) is 0 Å². The molecular formula is C16H32N2. The van der Waals surface area contributed by atoms with Crippen molar-refractivity contribution in [3.05, 3.63) is 0 Å². The second kappa shape index (κ2) is 5.92. The van der Waals surface area contributed by atoms with Crippen molar-refractivity contribution in [1.82, 2.24) is 4.90 Å². The summed E-state index contributed by atoms with van der Waals surface area (Å²) in [6.45, 7) is 10.8. The molecule has 1 aliphatic carbocycles. The molecule has 2 atom stereocenters. The number of nitrogens with zero attached hydrogens (tertiary/aromatic N) is 1. The van der Waals surface area contributed by atoms with E-state index in [1.807, 2.05) is 0 Å². The molecule has 2 rings (SSSR count). The lowest BCUT2D eigenvalue weighted by atomic mass is 9.68. The van der Waals surface area contributed by atoms with E-state index >= 15 is 0 Å². The highest BCUT2D eigenvalue weighted by Crippen LogP contribution is 2.41. The Morgan fingerprint density at radius 2 is 1.61 bits per heavy atom. The van der Waals surface area contributed by atoms with Crippen LogP contribution in [-0.2, 0) is 0 Å². The molecule has 0 aromatic carbocycles. The summed E-state index contributed by atoms with van der Waals surface area (Å²) in [7, 11) is 0. The Balaban J connectivity index is 1.97. The first-order chi connectivity index (χ1) is 8.52. The molecule has 2 nitrogen and oxygen atoms in total. The fraction of sp³-hybridized carbons (Fsp3) is 1.00. The van der Waals surface area contributed by atoms with Gasteiger partial charge in [0.15, 0.2) is 0 Å². The lowest BCUT2D eigenvalue weighted by molar-refractivity contribution is 0.0220. The zero-order chi connectivity index (χ0) is 13.2. The molecule has 1 saturated carbocycles. The van der Waals surface area contributed by atoms with Gasteiger partial charge in [-0.15, -0.1) is 0 Å². The second-order valence-electron chi connectivity index (χ2n) is 7.54. The third-order valence-electron chi connectivity index (χ3n) is 5.29. The molecule has 2 N–H and O–H groups in total. The number of likely N-dealkylation sites (tertiary alicyclic amines) is 1. The van der Waals surface area contributed by atoms with E-state index in [0.717, 1.165) is 24.4 Å². The summed E-state index contributed by atoms with van der Waals surface area (Å²) >= 11 is 0. The van der Waals surface area contributed by atoms with E-state index in [9.17, 15) is 0 Å². The Bertz CT molecular complexity index is 248. The van der Waals surface area contributed by atoms with Gasteiger partial charge in [-0.05, 0) is 62.6 Å². The summed E-state index contributed by atoms with van der Waals surface area (Å²) in [5.74, 6) is 1.68. The van der Waals surface area contributed by atoms with Crippen molar-refractivity contribution in [1.29, 1.82) is 0 Å². The van der Waals surface area contributed by atoms with Crippen LogP contribution >= 0.6 is 0 Å². The fourth-order valence-electron chi connectivity index (χ4n) is 4.08. The van der Waals surface area contributed by atoms with Crippen molar-refractivity contribution < 1.29 is 0 Å². The van der Waals surface area contributed by atoms with Gasteiger partial charge in [-0.1, -0.05) is 33.6 Å². The van der Waals surface area contributed by atoms with Gasteiger partial charge in [0.25, 0.3) is 0 Å². The fourth-order valence-corrected chi connectivity index (χ4v) is 4.08. The Kier molecular flexibility index (Phi) is 4.71. The van der Waals surface area contributed by atoms with Gasteiger partial charge < -0.3 is 10.6 Å². The molecule has 0 bridgehead atoms. The van der Waals surface area contributed by atoms with Gasteiger partial charge in [-0.2, -0.15) is 0 Å². The first-order valence-corrected chi connectivity index (χ1v) is 7.96. The van der Waals surface area contributed by atoms with Gasteiger partial charge in [0.2, 0.25) is 0 Å². The van der Waals surface area contributed by atoms with Gasteiger partial charge in [0.05, 0.1) is 0 Å². The number of hydrogen-bond donors (Lipinski definition) is 1. The average molecular weight is 252 g/mol. The number of piperidine rings is 1. The lowest BCUT2D eigenvalue weighted by Gasteiger charge is -2.48. The van der Waals surface area contributed by atoms with Crippen LogP contribution in [0.15, 0.2) is 0 Å². The molecule has 2 fully saturated rings. The van der Waals surface area contributed by atoms with Crippen LogP contribution in [0.5, 0.6) is 0 Å². The van der Waals surface area contributed by atoms with Crippen LogP contribution in [0.1, 0.15) is 59.3 Å². The van der Waals surface area contributed by atoms with Crippen molar-refractivity contribution >= 4 is 0 Å². The smallest absolute Gasteiger partial charge is 0.0128 e. The molecule has 1 aliphatic heterocycles. The first-order valence-electron chi connectivity index (χ1n) is 7.96. The van der Waals surface area contributed by atoms with E-state index in [0.29, 0.717) is 5.41 Å². The quantitative estimate of drug-likeness (QED) is 0.817. The summed E-state index contributed by atoms with van der Waals surface area (Å²) in [6, 6.07) is 0.845. The highest BCUT2D eigenvalue weighted by Gasteiger charge is 2.38. The molecule has 1 heterocycles. The molecule has 106 valence electrons. The predicted molar refractivity (Wildman–Crippen MR) is 78.6 cm³/mol. The zero-order valence-electron chi connectivity index (χ0n) is 12.6. The average Bonchev–Trinajstić information content (AvgIpc) is 2.38. The van der Waals surface area contributed by atoms with Crippen LogP contribution in [0.25, 0.3) is 0 Å². The van der Waals surface area contributed by atoms with Crippen LogP contribution in [0.4, 0.5) is 0 Å². The normalized spacial score (nSPS) is 32.7. The van der Waals surface area contributed by atoms with Crippen molar-refractivity contribution in [2.24, 2.45) is 23.0 Å². The third-order valence-corrected chi connectivity index (χ3v) is 5.29. The molecule has 0 amide bonds. The minimum Gasteiger partial charge on any atom is -0.330 e. The highest BCUT2D eigenvalue weighted by molar-refractivity contribution is 4.91. The van der Waals surface area contributed by atoms with Crippen molar-refractivity contribution in [3.8, 4) is 0 Å². The summed E-state index contributed by atoms with van der Waals surface area (Å²) in [6.07, 6.45) is 8.39. The van der Waals surface area contributed by atoms with Crippen molar-refractivity contribution in [2.75, 3.05) is 19.6 Å². The van der Waals surface area contributed by atoms with Crippen LogP contribution in [0, 0.1) is 17.3 Å². The monoisotopic (exact) mass is 252 g/mol. The maximum absolute atomic E-state index is 5.81. The summed E-state index contributed by atoms with van der Waals surface area (Å²) < 4.78 is 0. The lowest BCUT2D eigenvalue weighted by Crippen LogP contribution is -2.50. The maximum Gasteiger partial charge on any atom is 0.0128 e. The molecule has 2 aliphatic rings. The Labute approximate surface area is 113 Å². The van der Waals surface area contributed by atoms with E-state index in [4.69, 9.17) is 5.73 Å². The first kappa shape index (κ1) is 14.3. The van der Waals surface area contributed by atoms with E-state index < -0.39 is 0 Å². The Morgan fingerprint density at radius 1 is 1.00 bits per heavy atom. The van der Waals surface area contributed by atoms with Crippen LogP contribution in [-0.4, -0.2) is 30.6 Å². The minimum absolute atomic E-state index is 0.468. The van der Waals surface area contributed by atoms with E-state index in [1.165, 1.54) is 51.6 Å². The molecule has 0 aromatic rings. The maximum atomic E-state index is 5.81. The summed E-state index contributed by atoms with van der Waals surface area (Å²) in [5, 5.41) is 0. The highest BCUT2D eigenvalue weighted by atomic mass is 15.2. The van der Waals surface area contributed by atoms with E-state index in [-0.39, 0.29) is 0 Å². The molecule has 0 aromatic heterocycles. The molecule has 2 heteroatoms. The molecule has 0 spiro atoms. The predicted octanol–water partition coefficient (Wildman–Crippen LogP) is 3.26. The molecular weight excluding hydrogens is 220 g/mol. The van der Waals surface area contributed by atoms with Crippen LogP contribution in [0.3, 0.4) is 0 Å². The second-order valence-corrected chi connectivity index (χ2v) is 7.54. The zero-order valence-corrected chi connectivity index (χ0v) is 12.6. The SMILES string of the molecule is CC(C)(C)C1CCCCC1N1CCC(CN)CC1. The number of rotatable bonds is 2. The van der Waals surface area contributed by atoms with E-state index in [1.54, 1.807) is 0 Å². The summed E-state index contributed by atoms with van der Waals surface area (Å²) in [5.41, 5.74) is 6.27. The minimum atomic E-state index is 0.468. The van der Waals surface area contributed by atoms with Crippen LogP contribution < -0.4 is 5.73 Å². The molecule has 0 radical (unpaired) electrons. The number of hydrogen-bond acceptors (Lipinski definition) is 2. The van der Waals surface area contributed by atoms with Crippen molar-refractivity contribution in [3.63, 3.8) is 0 Å². The molecule has 18 heavy (non-hydrogen) atoms. The Hall–Kier alpha value is -0.0800. The van der Waals surface area contributed by atoms with Crippen molar-refractivity contribution in [2.45, 2.75) is 65.3 Å². The van der Waals surface area contributed by atoms with Gasteiger partial charge in [0.1, 0.15) is 0 Å². The van der Waals surface area contributed by atoms with E-state index in [2.05, 4.69) is 25.7 Å². The standard InChI is InChI=1S/C16H32N2/c1-16(2,3)14-6-4-5-7-15(14)18-10-8-13(12-17)9-11-18/h13-15H,4-12,17H2,1-3H3. The topological polar surface area (TPSA) is 29.3 Å². The largest absolute Gasteiger partial charge is 0.330 e. The van der Waals surface area contributed by atoms with Gasteiger partial charge in [-0.25, -0.2) is 0 Å². The summed E-state index contributed by atoms with van der Waals surface area (Å²) in [4.78, 5) is 2.79. The van der Waals surface area contributed by atoms with Gasteiger partial charge in [-0.3, -0.25) is 0 Å². The molecule has 1 saturated heterocycles. The molecule has 2 unspecified atom stereocenters. The van der Waals surface area contributed by atoms with Gasteiger partial charge in [0, 0.05) is 6.04 Å². The third kappa shape index (κ3) is 3.27.